The van der Waals surface area contributed by atoms with Crippen LogP contribution in [-0.2, 0) is 0 Å². The quantitative estimate of drug-likeness (QED) is 0.656. The second kappa shape index (κ2) is 8.85. The molecule has 0 saturated carbocycles. The van der Waals surface area contributed by atoms with Gasteiger partial charge in [-0.1, -0.05) is 37.3 Å². The maximum absolute atomic E-state index is 12.7. The van der Waals surface area contributed by atoms with Crippen LogP contribution in [-0.4, -0.2) is 54.3 Å². The van der Waals surface area contributed by atoms with Crippen LogP contribution in [0.25, 0.3) is 0 Å². The summed E-state index contributed by atoms with van der Waals surface area (Å²) in [4.78, 5) is 22.5. The van der Waals surface area contributed by atoms with Crippen molar-refractivity contribution in [2.24, 2.45) is 4.99 Å². The van der Waals surface area contributed by atoms with Crippen LogP contribution in [0.4, 0.5) is 11.4 Å². The first-order valence-electron chi connectivity index (χ1n) is 11.0. The average molecular weight is 427 g/mol. The molecule has 162 valence electrons. The monoisotopic (exact) mass is 426 g/mol. The van der Waals surface area contributed by atoms with Gasteiger partial charge >= 0.3 is 0 Å². The number of ether oxygens (including phenoxy) is 1. The first kappa shape index (κ1) is 20.3. The standard InChI is InChI=1S/C26H26N4O2/c1-2-29-14-16-30(17-15-29)25-21-18-20(27-26(31)19-8-4-3-5-9-19)12-13-23(21)32-24-11-7-6-10-22(24)28-25/h3-13,18H,2,14-17H2,1H3,(H,27,31). The molecule has 0 unspecified atom stereocenters. The van der Waals surface area contributed by atoms with Crippen LogP contribution in [0.5, 0.6) is 11.5 Å². The van der Waals surface area contributed by atoms with Crippen molar-refractivity contribution >= 4 is 23.1 Å². The molecule has 2 aliphatic rings. The topological polar surface area (TPSA) is 57.2 Å². The Bertz CT molecular complexity index is 1150. The third kappa shape index (κ3) is 4.09. The number of rotatable bonds is 3. The smallest absolute Gasteiger partial charge is 0.255 e. The highest BCUT2D eigenvalue weighted by Crippen LogP contribution is 2.39. The van der Waals surface area contributed by atoms with Gasteiger partial charge in [0.15, 0.2) is 5.75 Å². The van der Waals surface area contributed by atoms with Gasteiger partial charge in [-0.05, 0) is 49.0 Å². The number of para-hydroxylation sites is 2. The van der Waals surface area contributed by atoms with Crippen LogP contribution in [0.3, 0.4) is 0 Å². The van der Waals surface area contributed by atoms with E-state index >= 15 is 0 Å². The first-order chi connectivity index (χ1) is 15.7. The highest BCUT2D eigenvalue weighted by Gasteiger charge is 2.26. The fraction of sp³-hybridized carbons (Fsp3) is 0.231. The van der Waals surface area contributed by atoms with Crippen LogP contribution in [0.2, 0.25) is 0 Å². The van der Waals surface area contributed by atoms with Gasteiger partial charge in [-0.25, -0.2) is 4.99 Å². The molecule has 32 heavy (non-hydrogen) atoms. The number of aliphatic imine (C=N–C) groups is 1. The molecule has 0 spiro atoms. The number of hydrogen-bond acceptors (Lipinski definition) is 5. The Labute approximate surface area is 188 Å². The number of fused-ring (bicyclic) bond motifs is 2. The fourth-order valence-corrected chi connectivity index (χ4v) is 4.11. The van der Waals surface area contributed by atoms with Crippen LogP contribution >= 0.6 is 0 Å². The summed E-state index contributed by atoms with van der Waals surface area (Å²) in [5, 5.41) is 3.01. The van der Waals surface area contributed by atoms with Crippen molar-refractivity contribution in [2.75, 3.05) is 38.0 Å². The van der Waals surface area contributed by atoms with Crippen LogP contribution in [0, 0.1) is 0 Å². The molecule has 6 nitrogen and oxygen atoms in total. The lowest BCUT2D eigenvalue weighted by Gasteiger charge is -2.36. The highest BCUT2D eigenvalue weighted by molar-refractivity contribution is 6.07. The molecule has 1 saturated heterocycles. The molecular weight excluding hydrogens is 400 g/mol. The van der Waals surface area contributed by atoms with Gasteiger partial charge in [-0.3, -0.25) is 4.79 Å². The molecule has 0 atom stereocenters. The lowest BCUT2D eigenvalue weighted by atomic mass is 10.1. The molecule has 1 N–H and O–H groups in total. The summed E-state index contributed by atoms with van der Waals surface area (Å²) in [6.45, 7) is 7.04. The largest absolute Gasteiger partial charge is 0.454 e. The fourth-order valence-electron chi connectivity index (χ4n) is 4.11. The second-order valence-electron chi connectivity index (χ2n) is 7.96. The van der Waals surface area contributed by atoms with Crippen LogP contribution in [0.1, 0.15) is 22.8 Å². The molecule has 5 rings (SSSR count). The SMILES string of the molecule is CCN1CCN(C2=Nc3ccccc3Oc3ccc(NC(=O)c4ccccc4)cc32)CC1. The maximum atomic E-state index is 12.7. The number of nitrogens with one attached hydrogen (secondary N) is 1. The van der Waals surface area contributed by atoms with Crippen molar-refractivity contribution < 1.29 is 9.53 Å². The zero-order valence-electron chi connectivity index (χ0n) is 18.1. The van der Waals surface area contributed by atoms with E-state index in [0.717, 1.165) is 61.3 Å². The summed E-state index contributed by atoms with van der Waals surface area (Å²) < 4.78 is 6.25. The summed E-state index contributed by atoms with van der Waals surface area (Å²) in [5.74, 6) is 2.22. The van der Waals surface area contributed by atoms with Crippen molar-refractivity contribution in [1.82, 2.24) is 9.80 Å². The van der Waals surface area contributed by atoms with Crippen LogP contribution < -0.4 is 10.1 Å². The molecule has 2 heterocycles. The third-order valence-electron chi connectivity index (χ3n) is 5.94. The Kier molecular flexibility index (Phi) is 5.60. The van der Waals surface area contributed by atoms with Gasteiger partial charge in [0, 0.05) is 37.4 Å². The van der Waals surface area contributed by atoms with E-state index in [4.69, 9.17) is 9.73 Å². The van der Waals surface area contributed by atoms with E-state index < -0.39 is 0 Å². The minimum Gasteiger partial charge on any atom is -0.454 e. The number of carbonyl (C=O) groups excluding carboxylic acids is 1. The van der Waals surface area contributed by atoms with E-state index in [1.165, 1.54) is 0 Å². The van der Waals surface area contributed by atoms with Gasteiger partial charge in [-0.15, -0.1) is 0 Å². The first-order valence-corrected chi connectivity index (χ1v) is 11.0. The lowest BCUT2D eigenvalue weighted by molar-refractivity contribution is 0.102. The summed E-state index contributed by atoms with van der Waals surface area (Å²) >= 11 is 0. The van der Waals surface area contributed by atoms with E-state index in [-0.39, 0.29) is 5.91 Å². The normalized spacial score (nSPS) is 15.7. The number of hydrogen-bond donors (Lipinski definition) is 1. The molecule has 3 aromatic rings. The predicted octanol–water partition coefficient (Wildman–Crippen LogP) is 4.76. The molecule has 2 aliphatic heterocycles. The van der Waals surface area contributed by atoms with Crippen molar-refractivity contribution in [1.29, 1.82) is 0 Å². The number of benzene rings is 3. The van der Waals surface area contributed by atoms with Gasteiger partial charge < -0.3 is 19.9 Å². The summed E-state index contributed by atoms with van der Waals surface area (Å²) in [7, 11) is 0. The zero-order chi connectivity index (χ0) is 21.9. The van der Waals surface area contributed by atoms with Crippen molar-refractivity contribution in [3.8, 4) is 11.5 Å². The molecule has 1 fully saturated rings. The summed E-state index contributed by atoms with van der Waals surface area (Å²) in [5.41, 5.74) is 3.03. The van der Waals surface area contributed by atoms with E-state index in [1.807, 2.05) is 60.7 Å². The van der Waals surface area contributed by atoms with E-state index in [0.29, 0.717) is 11.3 Å². The number of amidine groups is 1. The van der Waals surface area contributed by atoms with Crippen molar-refractivity contribution in [3.63, 3.8) is 0 Å². The second-order valence-corrected chi connectivity index (χ2v) is 7.96. The molecule has 0 radical (unpaired) electrons. The molecule has 0 bridgehead atoms. The number of anilines is 1. The Hall–Kier alpha value is -3.64. The van der Waals surface area contributed by atoms with E-state index in [1.54, 1.807) is 12.1 Å². The Balaban J connectivity index is 1.51. The van der Waals surface area contributed by atoms with E-state index in [2.05, 4.69) is 22.0 Å². The Morgan fingerprint density at radius 2 is 1.69 bits per heavy atom. The van der Waals surface area contributed by atoms with Gasteiger partial charge in [0.1, 0.15) is 17.3 Å². The van der Waals surface area contributed by atoms with Gasteiger partial charge in [0.05, 0.1) is 5.56 Å². The number of carbonyl (C=O) groups is 1. The molecule has 0 aromatic heterocycles. The average Bonchev–Trinajstić information content (AvgIpc) is 3.01. The number of piperazine rings is 1. The number of nitrogens with zero attached hydrogens (tertiary/aromatic N) is 3. The van der Waals surface area contributed by atoms with E-state index in [9.17, 15) is 4.79 Å². The third-order valence-corrected chi connectivity index (χ3v) is 5.94. The van der Waals surface area contributed by atoms with Gasteiger partial charge in [-0.2, -0.15) is 0 Å². The Morgan fingerprint density at radius 1 is 0.938 bits per heavy atom. The molecule has 1 amide bonds. The number of amides is 1. The van der Waals surface area contributed by atoms with Crippen LogP contribution in [0.15, 0.2) is 77.8 Å². The maximum Gasteiger partial charge on any atom is 0.255 e. The van der Waals surface area contributed by atoms with Crippen molar-refractivity contribution in [2.45, 2.75) is 6.92 Å². The molecular formula is C26H26N4O2. The summed E-state index contributed by atoms with van der Waals surface area (Å²) in [6, 6.07) is 22.8. The predicted molar refractivity (Wildman–Crippen MR) is 127 cm³/mol. The molecule has 0 aliphatic carbocycles. The Morgan fingerprint density at radius 3 is 2.47 bits per heavy atom. The minimum atomic E-state index is -0.140. The number of likely N-dealkylation sites (N-methyl/N-ethyl adjacent to an activating group) is 1. The van der Waals surface area contributed by atoms with Crippen molar-refractivity contribution in [3.05, 3.63) is 83.9 Å². The van der Waals surface area contributed by atoms with Gasteiger partial charge in [0.2, 0.25) is 0 Å². The lowest BCUT2D eigenvalue weighted by Crippen LogP contribution is -2.48. The molecule has 6 heteroatoms. The minimum absolute atomic E-state index is 0.140. The molecule has 3 aromatic carbocycles. The highest BCUT2D eigenvalue weighted by atomic mass is 16.5. The summed E-state index contributed by atoms with van der Waals surface area (Å²) in [6.07, 6.45) is 0. The zero-order valence-corrected chi connectivity index (χ0v) is 18.1. The van der Waals surface area contributed by atoms with Gasteiger partial charge in [0.25, 0.3) is 5.91 Å².